The number of benzene rings is 1. The standard InChI is InChI=1S/C12H14FNO2/c1-12(2,7-14-8-15)9-4-5-11(16-3)10(13)6-9/h4-6H,7H2,1-3H3. The van der Waals surface area contributed by atoms with Crippen molar-refractivity contribution in [2.75, 3.05) is 13.7 Å². The predicted molar refractivity (Wildman–Crippen MR) is 59.0 cm³/mol. The first-order chi connectivity index (χ1) is 7.51. The van der Waals surface area contributed by atoms with Gasteiger partial charge in [0.05, 0.1) is 13.7 Å². The minimum Gasteiger partial charge on any atom is -0.494 e. The topological polar surface area (TPSA) is 38.7 Å². The summed E-state index contributed by atoms with van der Waals surface area (Å²) in [7, 11) is 1.42. The second kappa shape index (κ2) is 4.90. The Balaban J connectivity index is 3.04. The zero-order valence-corrected chi connectivity index (χ0v) is 9.58. The van der Waals surface area contributed by atoms with E-state index in [2.05, 4.69) is 4.99 Å². The van der Waals surface area contributed by atoms with Crippen molar-refractivity contribution >= 4 is 6.08 Å². The summed E-state index contributed by atoms with van der Waals surface area (Å²) in [4.78, 5) is 13.6. The average molecular weight is 223 g/mol. The fourth-order valence-electron chi connectivity index (χ4n) is 1.41. The third kappa shape index (κ3) is 2.67. The molecule has 0 unspecified atom stereocenters. The molecule has 0 fully saturated rings. The molecule has 0 heterocycles. The SMILES string of the molecule is COc1ccc(C(C)(C)CN=C=O)cc1F. The molecule has 0 amide bonds. The number of halogens is 1. The van der Waals surface area contributed by atoms with Crippen LogP contribution in [0.2, 0.25) is 0 Å². The summed E-state index contributed by atoms with van der Waals surface area (Å²) in [6, 6.07) is 4.73. The van der Waals surface area contributed by atoms with Gasteiger partial charge in [0, 0.05) is 5.41 Å². The number of isocyanates is 1. The van der Waals surface area contributed by atoms with Crippen molar-refractivity contribution in [3.8, 4) is 5.75 Å². The molecule has 0 aromatic heterocycles. The van der Waals surface area contributed by atoms with Gasteiger partial charge in [-0.2, -0.15) is 0 Å². The van der Waals surface area contributed by atoms with Gasteiger partial charge in [-0.05, 0) is 17.7 Å². The molecule has 0 aliphatic heterocycles. The van der Waals surface area contributed by atoms with Gasteiger partial charge in [0.2, 0.25) is 6.08 Å². The minimum absolute atomic E-state index is 0.207. The van der Waals surface area contributed by atoms with E-state index in [0.717, 1.165) is 5.56 Å². The maximum absolute atomic E-state index is 13.5. The fourth-order valence-corrected chi connectivity index (χ4v) is 1.41. The highest BCUT2D eigenvalue weighted by molar-refractivity contribution is 5.36. The van der Waals surface area contributed by atoms with E-state index < -0.39 is 11.2 Å². The Bertz CT molecular complexity index is 423. The Morgan fingerprint density at radius 3 is 2.69 bits per heavy atom. The summed E-state index contributed by atoms with van der Waals surface area (Å²) >= 11 is 0. The highest BCUT2D eigenvalue weighted by Crippen LogP contribution is 2.27. The van der Waals surface area contributed by atoms with Crippen LogP contribution in [-0.4, -0.2) is 19.7 Å². The lowest BCUT2D eigenvalue weighted by molar-refractivity contribution is 0.385. The summed E-state index contributed by atoms with van der Waals surface area (Å²) in [5.41, 5.74) is 0.370. The average Bonchev–Trinajstić information content (AvgIpc) is 2.26. The van der Waals surface area contributed by atoms with Crippen LogP contribution in [0.15, 0.2) is 23.2 Å². The van der Waals surface area contributed by atoms with Crippen LogP contribution < -0.4 is 4.74 Å². The monoisotopic (exact) mass is 223 g/mol. The van der Waals surface area contributed by atoms with Crippen LogP contribution in [-0.2, 0) is 10.2 Å². The molecule has 86 valence electrons. The maximum Gasteiger partial charge on any atom is 0.234 e. The van der Waals surface area contributed by atoms with Crippen LogP contribution in [0, 0.1) is 5.82 Å². The number of aliphatic imine (C=N–C) groups is 1. The smallest absolute Gasteiger partial charge is 0.234 e. The number of methoxy groups -OCH3 is 1. The Labute approximate surface area is 94.0 Å². The summed E-state index contributed by atoms with van der Waals surface area (Å²) < 4.78 is 18.3. The Kier molecular flexibility index (Phi) is 3.80. The normalized spacial score (nSPS) is 10.8. The molecule has 0 N–H and O–H groups in total. The zero-order chi connectivity index (χ0) is 12.2. The largest absolute Gasteiger partial charge is 0.494 e. The number of ether oxygens (including phenoxy) is 1. The van der Waals surface area contributed by atoms with Crippen LogP contribution in [0.5, 0.6) is 5.75 Å². The van der Waals surface area contributed by atoms with Gasteiger partial charge in [0.15, 0.2) is 11.6 Å². The fraction of sp³-hybridized carbons (Fsp3) is 0.417. The van der Waals surface area contributed by atoms with Crippen molar-refractivity contribution < 1.29 is 13.9 Å². The van der Waals surface area contributed by atoms with E-state index in [9.17, 15) is 9.18 Å². The lowest BCUT2D eigenvalue weighted by atomic mass is 9.85. The van der Waals surface area contributed by atoms with Gasteiger partial charge in [-0.25, -0.2) is 14.2 Å². The lowest BCUT2D eigenvalue weighted by Gasteiger charge is -2.22. The van der Waals surface area contributed by atoms with E-state index in [4.69, 9.17) is 4.74 Å². The summed E-state index contributed by atoms with van der Waals surface area (Å²) in [6.07, 6.45) is 1.49. The van der Waals surface area contributed by atoms with Crippen LogP contribution in [0.25, 0.3) is 0 Å². The summed E-state index contributed by atoms with van der Waals surface area (Å²) in [6.45, 7) is 4.05. The molecule has 0 bridgehead atoms. The van der Waals surface area contributed by atoms with Crippen molar-refractivity contribution in [2.45, 2.75) is 19.3 Å². The molecule has 1 aromatic rings. The van der Waals surface area contributed by atoms with Gasteiger partial charge in [0.25, 0.3) is 0 Å². The van der Waals surface area contributed by atoms with Crippen molar-refractivity contribution in [3.05, 3.63) is 29.6 Å². The molecule has 0 saturated carbocycles. The van der Waals surface area contributed by atoms with Crippen LogP contribution in [0.3, 0.4) is 0 Å². The van der Waals surface area contributed by atoms with Gasteiger partial charge in [-0.3, -0.25) is 0 Å². The Morgan fingerprint density at radius 2 is 2.19 bits per heavy atom. The van der Waals surface area contributed by atoms with Gasteiger partial charge in [-0.1, -0.05) is 19.9 Å². The molecular weight excluding hydrogens is 209 g/mol. The zero-order valence-electron chi connectivity index (χ0n) is 9.58. The summed E-state index contributed by atoms with van der Waals surface area (Å²) in [5, 5.41) is 0. The number of nitrogens with zero attached hydrogens (tertiary/aromatic N) is 1. The Hall–Kier alpha value is -1.67. The molecule has 0 radical (unpaired) electrons. The molecule has 0 spiro atoms. The second-order valence-corrected chi connectivity index (χ2v) is 4.14. The van der Waals surface area contributed by atoms with E-state index in [0.29, 0.717) is 0 Å². The van der Waals surface area contributed by atoms with Crippen LogP contribution in [0.4, 0.5) is 4.39 Å². The molecular formula is C12H14FNO2. The molecule has 1 aromatic carbocycles. The van der Waals surface area contributed by atoms with Crippen molar-refractivity contribution in [1.82, 2.24) is 0 Å². The third-order valence-electron chi connectivity index (χ3n) is 2.47. The number of carbonyl (C=O) groups excluding carboxylic acids is 1. The first kappa shape index (κ1) is 12.4. The van der Waals surface area contributed by atoms with E-state index >= 15 is 0 Å². The predicted octanol–water partition coefficient (Wildman–Crippen LogP) is 2.45. The quantitative estimate of drug-likeness (QED) is 0.581. The maximum atomic E-state index is 13.5. The number of hydrogen-bond donors (Lipinski definition) is 0. The second-order valence-electron chi connectivity index (χ2n) is 4.14. The van der Waals surface area contributed by atoms with E-state index in [1.54, 1.807) is 12.1 Å². The number of hydrogen-bond acceptors (Lipinski definition) is 3. The molecule has 0 aliphatic rings. The van der Waals surface area contributed by atoms with Gasteiger partial charge < -0.3 is 4.74 Å². The van der Waals surface area contributed by atoms with Crippen LogP contribution in [0.1, 0.15) is 19.4 Å². The van der Waals surface area contributed by atoms with E-state index in [-0.39, 0.29) is 12.3 Å². The first-order valence-electron chi connectivity index (χ1n) is 4.89. The molecule has 0 saturated heterocycles. The molecule has 16 heavy (non-hydrogen) atoms. The minimum atomic E-state index is -0.414. The van der Waals surface area contributed by atoms with Gasteiger partial charge in [0.1, 0.15) is 0 Å². The third-order valence-corrected chi connectivity index (χ3v) is 2.47. The van der Waals surface area contributed by atoms with Crippen molar-refractivity contribution in [1.29, 1.82) is 0 Å². The lowest BCUT2D eigenvalue weighted by Crippen LogP contribution is -2.21. The highest BCUT2D eigenvalue weighted by atomic mass is 19.1. The number of rotatable bonds is 4. The molecule has 0 aliphatic carbocycles. The van der Waals surface area contributed by atoms with Gasteiger partial charge in [-0.15, -0.1) is 0 Å². The van der Waals surface area contributed by atoms with Gasteiger partial charge >= 0.3 is 0 Å². The molecule has 0 atom stereocenters. The van der Waals surface area contributed by atoms with Crippen LogP contribution >= 0.6 is 0 Å². The Morgan fingerprint density at radius 1 is 1.50 bits per heavy atom. The first-order valence-corrected chi connectivity index (χ1v) is 4.89. The van der Waals surface area contributed by atoms with E-state index in [1.165, 1.54) is 19.3 Å². The van der Waals surface area contributed by atoms with E-state index in [1.807, 2.05) is 13.8 Å². The molecule has 1 rings (SSSR count). The summed E-state index contributed by atoms with van der Waals surface area (Å²) in [5.74, 6) is -0.207. The molecule has 3 nitrogen and oxygen atoms in total. The highest BCUT2D eigenvalue weighted by Gasteiger charge is 2.21. The molecule has 4 heteroatoms. The van der Waals surface area contributed by atoms with Crippen molar-refractivity contribution in [2.24, 2.45) is 4.99 Å². The van der Waals surface area contributed by atoms with Crippen molar-refractivity contribution in [3.63, 3.8) is 0 Å².